The van der Waals surface area contributed by atoms with Crippen LogP contribution < -0.4 is 0 Å². The van der Waals surface area contributed by atoms with Crippen molar-refractivity contribution in [2.75, 3.05) is 0 Å². The fourth-order valence-electron chi connectivity index (χ4n) is 3.00. The average Bonchev–Trinajstić information content (AvgIpc) is 2.65. The van der Waals surface area contributed by atoms with E-state index in [4.69, 9.17) is 0 Å². The van der Waals surface area contributed by atoms with Gasteiger partial charge in [0, 0.05) is 5.56 Å². The third-order valence-electron chi connectivity index (χ3n) is 4.26. The molecule has 0 N–H and O–H groups in total. The molecule has 0 aliphatic rings. The van der Waals surface area contributed by atoms with Gasteiger partial charge in [0.25, 0.3) is 0 Å². The molecule has 148 valence electrons. The number of allylic oxidation sites excluding steroid dienone is 1. The molecule has 3 rings (SSSR count). The summed E-state index contributed by atoms with van der Waals surface area (Å²) in [7, 11) is 0. The summed E-state index contributed by atoms with van der Waals surface area (Å²) in [5, 5.41) is 1.12. The van der Waals surface area contributed by atoms with Gasteiger partial charge in [-0.05, 0) is 64.9 Å². The van der Waals surface area contributed by atoms with E-state index in [2.05, 4.69) is 17.2 Å². The molecule has 0 saturated heterocycles. The Morgan fingerprint density at radius 3 is 2.38 bits per heavy atom. The van der Waals surface area contributed by atoms with Gasteiger partial charge in [-0.1, -0.05) is 30.3 Å². The van der Waals surface area contributed by atoms with Crippen molar-refractivity contribution in [2.45, 2.75) is 19.2 Å². The Labute approximate surface area is 164 Å². The lowest BCUT2D eigenvalue weighted by Gasteiger charge is -2.10. The molecule has 0 amide bonds. The summed E-state index contributed by atoms with van der Waals surface area (Å²) in [5.41, 5.74) is 0.997. The lowest BCUT2D eigenvalue weighted by molar-refractivity contribution is -0.291. The van der Waals surface area contributed by atoms with Crippen LogP contribution in [-0.2, 0) is 11.2 Å². The Bertz CT molecular complexity index is 1100. The van der Waals surface area contributed by atoms with Crippen LogP contribution in [0.1, 0.15) is 17.5 Å². The third kappa shape index (κ3) is 4.94. The second-order valence-corrected chi connectivity index (χ2v) is 6.28. The molecule has 0 unspecified atom stereocenters. The van der Waals surface area contributed by atoms with Crippen molar-refractivity contribution < 1.29 is 26.7 Å². The first-order valence-electron chi connectivity index (χ1n) is 8.66. The Morgan fingerprint density at radius 1 is 1.00 bits per heavy atom. The van der Waals surface area contributed by atoms with E-state index in [1.807, 2.05) is 0 Å². The Balaban J connectivity index is 2.00. The number of benzene rings is 3. The quantitative estimate of drug-likeness (QED) is 0.266. The van der Waals surface area contributed by atoms with Crippen molar-refractivity contribution in [1.82, 2.24) is 0 Å². The van der Waals surface area contributed by atoms with Gasteiger partial charge in [-0.15, -0.1) is 19.8 Å². The highest BCUT2D eigenvalue weighted by molar-refractivity contribution is 5.91. The topological polar surface area (TPSA) is 9.23 Å². The Morgan fingerprint density at radius 2 is 1.72 bits per heavy atom. The molecule has 0 atom stereocenters. The molecule has 0 radical (unpaired) electrons. The van der Waals surface area contributed by atoms with Gasteiger partial charge in [-0.2, -0.15) is 0 Å². The molecule has 0 aliphatic carbocycles. The number of hydrogen-bond donors (Lipinski definition) is 0. The largest absolute Gasteiger partial charge is 0.581 e. The summed E-state index contributed by atoms with van der Waals surface area (Å²) in [5.74, 6) is 0.940. The van der Waals surface area contributed by atoms with Gasteiger partial charge in [0.2, 0.25) is 0 Å². The summed E-state index contributed by atoms with van der Waals surface area (Å²) in [6.45, 7) is 3.59. The highest BCUT2D eigenvalue weighted by Crippen LogP contribution is 2.31. The first-order valence-corrected chi connectivity index (χ1v) is 8.66. The van der Waals surface area contributed by atoms with E-state index in [-0.39, 0.29) is 5.56 Å². The number of alkyl halides is 3. The van der Waals surface area contributed by atoms with Gasteiger partial charge < -0.3 is 4.74 Å². The second kappa shape index (κ2) is 8.36. The summed E-state index contributed by atoms with van der Waals surface area (Å²) >= 11 is 0. The third-order valence-corrected chi connectivity index (χ3v) is 4.26. The zero-order valence-electron chi connectivity index (χ0n) is 15.1. The van der Waals surface area contributed by atoms with Crippen LogP contribution in [0, 0.1) is 23.7 Å². The standard InChI is InChI=1S/C23H15F5O/c1-2-3-5-15-12-20(24)22(21(25)13-15)18-8-9-19-16(6-4-7-17(19)14-18)10-11-29-23(26,27)28/h2,4,6-9,12-14H,1,3,5H2. The molecule has 29 heavy (non-hydrogen) atoms. The van der Waals surface area contributed by atoms with Crippen LogP contribution >= 0.6 is 0 Å². The molecule has 0 saturated carbocycles. The van der Waals surface area contributed by atoms with E-state index >= 15 is 0 Å². The van der Waals surface area contributed by atoms with Crippen LogP contribution in [-0.4, -0.2) is 6.36 Å². The molecule has 1 nitrogen and oxygen atoms in total. The van der Waals surface area contributed by atoms with E-state index in [9.17, 15) is 22.0 Å². The maximum atomic E-state index is 14.6. The molecule has 0 bridgehead atoms. The normalized spacial score (nSPS) is 11.1. The molecule has 3 aromatic rings. The summed E-state index contributed by atoms with van der Waals surface area (Å²) in [6, 6.07) is 12.0. The van der Waals surface area contributed by atoms with Crippen LogP contribution in [0.5, 0.6) is 0 Å². The summed E-state index contributed by atoms with van der Waals surface area (Å²) < 4.78 is 68.9. The van der Waals surface area contributed by atoms with Gasteiger partial charge in [0.05, 0.1) is 5.56 Å². The summed E-state index contributed by atoms with van der Waals surface area (Å²) in [6.07, 6.45) is -0.466. The van der Waals surface area contributed by atoms with Crippen LogP contribution in [0.25, 0.3) is 21.9 Å². The zero-order valence-corrected chi connectivity index (χ0v) is 15.1. The average molecular weight is 402 g/mol. The smallest absolute Gasteiger partial charge is 0.352 e. The molecule has 0 spiro atoms. The highest BCUT2D eigenvalue weighted by Gasteiger charge is 2.29. The van der Waals surface area contributed by atoms with Gasteiger partial charge in [-0.3, -0.25) is 0 Å². The SMILES string of the molecule is C=CCCc1cc(F)c(-c2ccc3c(C#COC(F)(F)F)cccc3c2)c(F)c1. The van der Waals surface area contributed by atoms with E-state index < -0.39 is 18.0 Å². The lowest BCUT2D eigenvalue weighted by atomic mass is 9.96. The first kappa shape index (κ1) is 20.4. The Hall–Kier alpha value is -3.33. The van der Waals surface area contributed by atoms with Gasteiger partial charge in [-0.25, -0.2) is 8.78 Å². The molecular formula is C23H15F5O. The molecule has 0 heterocycles. The van der Waals surface area contributed by atoms with Crippen molar-refractivity contribution in [3.63, 3.8) is 0 Å². The van der Waals surface area contributed by atoms with Gasteiger partial charge in [0.1, 0.15) is 17.7 Å². The van der Waals surface area contributed by atoms with Crippen LogP contribution in [0.4, 0.5) is 22.0 Å². The van der Waals surface area contributed by atoms with Crippen molar-refractivity contribution in [1.29, 1.82) is 0 Å². The first-order chi connectivity index (χ1) is 13.8. The molecule has 0 aromatic heterocycles. The number of aryl methyl sites for hydroxylation is 1. The molecule has 6 heteroatoms. The molecular weight excluding hydrogens is 387 g/mol. The van der Waals surface area contributed by atoms with E-state index in [1.54, 1.807) is 36.4 Å². The maximum absolute atomic E-state index is 14.6. The van der Waals surface area contributed by atoms with E-state index in [1.165, 1.54) is 24.3 Å². The lowest BCUT2D eigenvalue weighted by Crippen LogP contribution is -2.08. The predicted octanol–water partition coefficient (Wildman–Crippen LogP) is 6.75. The number of ether oxygens (including phenoxy) is 1. The minimum Gasteiger partial charge on any atom is -0.352 e. The second-order valence-electron chi connectivity index (χ2n) is 6.28. The van der Waals surface area contributed by atoms with Crippen LogP contribution in [0.2, 0.25) is 0 Å². The van der Waals surface area contributed by atoms with E-state index in [0.717, 1.165) is 0 Å². The Kier molecular flexibility index (Phi) is 5.88. The minimum absolute atomic E-state index is 0.161. The highest BCUT2D eigenvalue weighted by atomic mass is 19.4. The van der Waals surface area contributed by atoms with Crippen molar-refractivity contribution in [3.05, 3.63) is 83.9 Å². The zero-order chi connectivity index (χ0) is 21.0. The number of hydrogen-bond acceptors (Lipinski definition) is 1. The fourth-order valence-corrected chi connectivity index (χ4v) is 3.00. The fraction of sp³-hybridized carbons (Fsp3) is 0.130. The predicted molar refractivity (Wildman–Crippen MR) is 102 cm³/mol. The summed E-state index contributed by atoms with van der Waals surface area (Å²) in [4.78, 5) is 0. The van der Waals surface area contributed by atoms with Crippen LogP contribution in [0.15, 0.2) is 61.2 Å². The minimum atomic E-state index is -4.85. The molecule has 0 aliphatic heterocycles. The van der Waals surface area contributed by atoms with Crippen LogP contribution in [0.3, 0.4) is 0 Å². The van der Waals surface area contributed by atoms with Crippen molar-refractivity contribution in [2.24, 2.45) is 0 Å². The molecule has 3 aromatic carbocycles. The number of rotatable bonds is 4. The number of halogens is 5. The van der Waals surface area contributed by atoms with Gasteiger partial charge in [0.15, 0.2) is 0 Å². The van der Waals surface area contributed by atoms with Crippen molar-refractivity contribution in [3.8, 4) is 23.2 Å². The van der Waals surface area contributed by atoms with E-state index in [0.29, 0.717) is 40.3 Å². The van der Waals surface area contributed by atoms with Crippen molar-refractivity contribution >= 4 is 10.8 Å². The number of fused-ring (bicyclic) bond motifs is 1. The molecule has 0 fully saturated rings. The van der Waals surface area contributed by atoms with Gasteiger partial charge >= 0.3 is 6.36 Å². The monoisotopic (exact) mass is 402 g/mol. The maximum Gasteiger partial charge on any atom is 0.581 e.